The average molecular weight is 729 g/mol. The molecule has 0 unspecified atom stereocenters. The van der Waals surface area contributed by atoms with Crippen molar-refractivity contribution in [3.05, 3.63) is 157 Å². The summed E-state index contributed by atoms with van der Waals surface area (Å²) in [6.07, 6.45) is 2.17. The van der Waals surface area contributed by atoms with E-state index in [0.29, 0.717) is 0 Å². The zero-order chi connectivity index (χ0) is 32.8. The SMILES string of the molecule is CCc1cc2c(-c3cccc4ccccc34)cccc2[cH-]1.CCc1cc2c(-c3cccc4ccccc34)cccc2[cH-]1.C[CH]=[Zr]([Cl])[Cl]. The second-order valence-corrected chi connectivity index (χ2v) is 20.5. The number of aryl methyl sites for hydroxylation is 2. The van der Waals surface area contributed by atoms with Crippen LogP contribution in [0.5, 0.6) is 0 Å². The summed E-state index contributed by atoms with van der Waals surface area (Å²) in [6, 6.07) is 52.9. The fourth-order valence-electron chi connectivity index (χ4n) is 6.39. The molecule has 0 aliphatic rings. The van der Waals surface area contributed by atoms with E-state index in [9.17, 15) is 0 Å². The molecular formula is C44H38Cl2Zr-2. The van der Waals surface area contributed by atoms with E-state index in [1.54, 1.807) is 0 Å². The number of halogens is 2. The molecule has 0 bridgehead atoms. The minimum absolute atomic E-state index is 1.09. The first kappa shape index (κ1) is 33.3. The van der Waals surface area contributed by atoms with Crippen molar-refractivity contribution in [2.75, 3.05) is 0 Å². The third-order valence-corrected chi connectivity index (χ3v) is 12.5. The van der Waals surface area contributed by atoms with Gasteiger partial charge in [0.25, 0.3) is 0 Å². The fraction of sp³-hybridized carbons (Fsp3) is 0.114. The molecule has 47 heavy (non-hydrogen) atoms. The Morgan fingerprint density at radius 1 is 0.489 bits per heavy atom. The molecule has 0 saturated heterocycles. The summed E-state index contributed by atoms with van der Waals surface area (Å²) >= 11 is -1.76. The van der Waals surface area contributed by atoms with E-state index >= 15 is 0 Å². The Bertz CT molecular complexity index is 2150. The molecule has 0 radical (unpaired) electrons. The van der Waals surface area contributed by atoms with Crippen molar-refractivity contribution in [3.63, 3.8) is 0 Å². The molecule has 8 aromatic rings. The van der Waals surface area contributed by atoms with Crippen LogP contribution in [-0.4, -0.2) is 3.71 Å². The summed E-state index contributed by atoms with van der Waals surface area (Å²) in [6.45, 7) is 6.33. The summed E-state index contributed by atoms with van der Waals surface area (Å²) in [5.41, 5.74) is 8.15. The summed E-state index contributed by atoms with van der Waals surface area (Å²) in [7, 11) is 10.7. The Labute approximate surface area is 293 Å². The van der Waals surface area contributed by atoms with Gasteiger partial charge in [0, 0.05) is 0 Å². The van der Waals surface area contributed by atoms with Crippen LogP contribution in [0.4, 0.5) is 0 Å². The molecule has 8 rings (SSSR count). The van der Waals surface area contributed by atoms with Gasteiger partial charge in [-0.2, -0.15) is 12.1 Å². The van der Waals surface area contributed by atoms with E-state index in [1.807, 2.05) is 10.6 Å². The molecule has 0 aromatic heterocycles. The first-order valence-corrected chi connectivity index (χ1v) is 24.1. The van der Waals surface area contributed by atoms with Gasteiger partial charge in [0.15, 0.2) is 0 Å². The van der Waals surface area contributed by atoms with E-state index in [0.717, 1.165) is 12.8 Å². The van der Waals surface area contributed by atoms with E-state index in [2.05, 4.69) is 159 Å². The van der Waals surface area contributed by atoms with Crippen LogP contribution in [0.15, 0.2) is 146 Å². The van der Waals surface area contributed by atoms with Crippen LogP contribution in [0.1, 0.15) is 31.9 Å². The van der Waals surface area contributed by atoms with E-state index < -0.39 is 18.9 Å². The summed E-state index contributed by atoms with van der Waals surface area (Å²) < 4.78 is 1.89. The van der Waals surface area contributed by atoms with Crippen LogP contribution in [-0.2, 0) is 31.7 Å². The average Bonchev–Trinajstić information content (AvgIpc) is 3.76. The van der Waals surface area contributed by atoms with Crippen molar-refractivity contribution in [2.24, 2.45) is 0 Å². The monoisotopic (exact) mass is 726 g/mol. The molecule has 0 heterocycles. The summed E-state index contributed by atoms with van der Waals surface area (Å²) in [4.78, 5) is 0. The van der Waals surface area contributed by atoms with Gasteiger partial charge in [-0.15, -0.1) is 69.1 Å². The maximum atomic E-state index is 5.37. The van der Waals surface area contributed by atoms with Crippen LogP contribution in [0.2, 0.25) is 0 Å². The van der Waals surface area contributed by atoms with E-state index in [4.69, 9.17) is 17.0 Å². The van der Waals surface area contributed by atoms with Crippen LogP contribution in [0.25, 0.3) is 65.3 Å². The van der Waals surface area contributed by atoms with Gasteiger partial charge in [0.2, 0.25) is 0 Å². The van der Waals surface area contributed by atoms with Crippen LogP contribution in [0, 0.1) is 0 Å². The third kappa shape index (κ3) is 7.44. The van der Waals surface area contributed by atoms with Crippen molar-refractivity contribution in [2.45, 2.75) is 33.6 Å². The second kappa shape index (κ2) is 15.5. The molecule has 0 atom stereocenters. The first-order chi connectivity index (χ1) is 23.0. The Hall–Kier alpha value is -3.61. The molecule has 0 amide bonds. The number of benzene rings is 6. The zero-order valence-corrected chi connectivity index (χ0v) is 31.1. The Morgan fingerprint density at radius 2 is 0.830 bits per heavy atom. The van der Waals surface area contributed by atoms with Gasteiger partial charge in [0.05, 0.1) is 0 Å². The molecule has 0 N–H and O–H groups in total. The first-order valence-electron chi connectivity index (χ1n) is 16.3. The number of rotatable bonds is 4. The van der Waals surface area contributed by atoms with Gasteiger partial charge in [-0.25, -0.2) is 0 Å². The molecule has 234 valence electrons. The predicted octanol–water partition coefficient (Wildman–Crippen LogP) is 13.6. The third-order valence-electron chi connectivity index (χ3n) is 8.82. The quantitative estimate of drug-likeness (QED) is 0.158. The molecule has 0 nitrogen and oxygen atoms in total. The molecule has 3 heteroatoms. The molecule has 0 spiro atoms. The Morgan fingerprint density at radius 3 is 1.21 bits per heavy atom. The van der Waals surface area contributed by atoms with Crippen LogP contribution >= 0.6 is 17.0 Å². The standard InChI is InChI=1S/2C21H17.C2H4.2ClH.Zr/c2*1-2-15-13-17-9-6-12-20(21(17)14-15)19-11-5-8-16-7-3-4-10-18(16)19;1-2;;;/h2*3-14H,2H2,1H3;1H,2H3;2*1H;/q2*-1;;;;+2/p-2. The van der Waals surface area contributed by atoms with Crippen molar-refractivity contribution >= 4 is 63.8 Å². The molecule has 0 saturated carbocycles. The molecule has 0 aliphatic heterocycles. The maximum absolute atomic E-state index is 5.37. The number of hydrogen-bond acceptors (Lipinski definition) is 0. The van der Waals surface area contributed by atoms with Gasteiger partial charge < -0.3 is 0 Å². The van der Waals surface area contributed by atoms with Crippen LogP contribution < -0.4 is 0 Å². The zero-order valence-electron chi connectivity index (χ0n) is 27.1. The second-order valence-electron chi connectivity index (χ2n) is 11.7. The van der Waals surface area contributed by atoms with Gasteiger partial charge in [-0.05, 0) is 45.5 Å². The number of hydrogen-bond donors (Lipinski definition) is 0. The molecular weight excluding hydrogens is 691 g/mol. The summed E-state index contributed by atoms with van der Waals surface area (Å²) in [5.74, 6) is 0. The number of fused-ring (bicyclic) bond motifs is 4. The van der Waals surface area contributed by atoms with E-state index in [1.165, 1.54) is 76.5 Å². The summed E-state index contributed by atoms with van der Waals surface area (Å²) in [5, 5.41) is 10.7. The van der Waals surface area contributed by atoms with E-state index in [-0.39, 0.29) is 0 Å². The predicted molar refractivity (Wildman–Crippen MR) is 207 cm³/mol. The molecule has 0 fully saturated rings. The normalized spacial score (nSPS) is 10.8. The van der Waals surface area contributed by atoms with Crippen molar-refractivity contribution in [1.82, 2.24) is 0 Å². The van der Waals surface area contributed by atoms with Crippen molar-refractivity contribution < 1.29 is 18.9 Å². The topological polar surface area (TPSA) is 0 Å². The van der Waals surface area contributed by atoms with Gasteiger partial charge in [-0.1, -0.05) is 122 Å². The van der Waals surface area contributed by atoms with Crippen molar-refractivity contribution in [1.29, 1.82) is 0 Å². The van der Waals surface area contributed by atoms with Crippen LogP contribution in [0.3, 0.4) is 0 Å². The van der Waals surface area contributed by atoms with Crippen molar-refractivity contribution in [3.8, 4) is 22.3 Å². The minimum atomic E-state index is -1.76. The fourth-order valence-corrected chi connectivity index (χ4v) is 6.39. The van der Waals surface area contributed by atoms with Gasteiger partial charge in [0.1, 0.15) is 0 Å². The Balaban J connectivity index is 0.000000144. The molecule has 0 aliphatic carbocycles. The Kier molecular flexibility index (Phi) is 11.0. The molecule has 8 aromatic carbocycles. The van der Waals surface area contributed by atoms with Gasteiger partial charge in [-0.3, -0.25) is 0 Å². The van der Waals surface area contributed by atoms with Gasteiger partial charge >= 0.3 is 46.5 Å².